The first-order valence-electron chi connectivity index (χ1n) is 6.13. The van der Waals surface area contributed by atoms with Crippen LogP contribution in [-0.4, -0.2) is 24.0 Å². The van der Waals surface area contributed by atoms with Gasteiger partial charge in [-0.2, -0.15) is 0 Å². The van der Waals surface area contributed by atoms with Crippen molar-refractivity contribution in [3.63, 3.8) is 0 Å². The number of carbonyl (C=O) groups is 1. The van der Waals surface area contributed by atoms with Gasteiger partial charge in [0.2, 0.25) is 0 Å². The smallest absolute Gasteiger partial charge is 0.327 e. The Morgan fingerprint density at radius 2 is 2.15 bits per heavy atom. The van der Waals surface area contributed by atoms with Gasteiger partial charge >= 0.3 is 6.03 Å². The Labute approximate surface area is 114 Å². The molecule has 2 aliphatic rings. The lowest BCUT2D eigenvalue weighted by molar-refractivity contribution is -0.384. The highest BCUT2D eigenvalue weighted by Crippen LogP contribution is 2.27. The fourth-order valence-electron chi connectivity index (χ4n) is 2.26. The molecular formula is C13H12N4O3. The second-order valence-electron chi connectivity index (χ2n) is 4.43. The highest BCUT2D eigenvalue weighted by molar-refractivity contribution is 5.97. The molecule has 102 valence electrons. The lowest BCUT2D eigenvalue weighted by atomic mass is 10.1. The summed E-state index contributed by atoms with van der Waals surface area (Å²) in [7, 11) is 0. The molecule has 2 heterocycles. The third kappa shape index (κ3) is 1.99. The van der Waals surface area contributed by atoms with E-state index in [1.807, 2.05) is 12.2 Å². The fourth-order valence-corrected chi connectivity index (χ4v) is 2.26. The van der Waals surface area contributed by atoms with Crippen molar-refractivity contribution in [3.8, 4) is 0 Å². The van der Waals surface area contributed by atoms with Crippen LogP contribution in [-0.2, 0) is 0 Å². The Bertz CT molecular complexity index is 651. The fraction of sp³-hybridized carbons (Fsp3) is 0.154. The number of hydrogen-bond acceptors (Lipinski definition) is 4. The molecule has 2 N–H and O–H groups in total. The molecule has 0 aliphatic carbocycles. The Balaban J connectivity index is 2.07. The van der Waals surface area contributed by atoms with E-state index in [0.29, 0.717) is 24.6 Å². The maximum atomic E-state index is 12.1. The van der Waals surface area contributed by atoms with Gasteiger partial charge in [-0.05, 0) is 6.07 Å². The molecule has 0 unspecified atom stereocenters. The second-order valence-corrected chi connectivity index (χ2v) is 4.43. The predicted molar refractivity (Wildman–Crippen MR) is 73.1 cm³/mol. The van der Waals surface area contributed by atoms with E-state index >= 15 is 0 Å². The van der Waals surface area contributed by atoms with E-state index in [2.05, 4.69) is 10.6 Å². The summed E-state index contributed by atoms with van der Waals surface area (Å²) < 4.78 is 0. The van der Waals surface area contributed by atoms with Crippen LogP contribution in [0.5, 0.6) is 0 Å². The summed E-state index contributed by atoms with van der Waals surface area (Å²) >= 11 is 0. The maximum Gasteiger partial charge on any atom is 0.327 e. The Morgan fingerprint density at radius 3 is 2.95 bits per heavy atom. The molecule has 0 aromatic heterocycles. The van der Waals surface area contributed by atoms with Crippen molar-refractivity contribution < 1.29 is 9.72 Å². The van der Waals surface area contributed by atoms with Gasteiger partial charge in [0.25, 0.3) is 5.69 Å². The summed E-state index contributed by atoms with van der Waals surface area (Å²) in [5, 5.41) is 16.7. The van der Waals surface area contributed by atoms with Crippen molar-refractivity contribution >= 4 is 17.4 Å². The number of nitro groups is 1. The van der Waals surface area contributed by atoms with E-state index in [4.69, 9.17) is 0 Å². The zero-order valence-corrected chi connectivity index (χ0v) is 10.5. The summed E-state index contributed by atoms with van der Waals surface area (Å²) in [6.07, 6.45) is 3.90. The van der Waals surface area contributed by atoms with Gasteiger partial charge in [-0.1, -0.05) is 18.2 Å². The minimum Gasteiger partial charge on any atom is -0.367 e. The van der Waals surface area contributed by atoms with E-state index in [-0.39, 0.29) is 11.7 Å². The Hall–Kier alpha value is -2.83. The molecule has 0 bridgehead atoms. The molecule has 3 rings (SSSR count). The number of dihydropyridines is 1. The van der Waals surface area contributed by atoms with Gasteiger partial charge in [-0.15, -0.1) is 0 Å². The quantitative estimate of drug-likeness (QED) is 0.630. The first kappa shape index (κ1) is 12.2. The number of nitro benzene ring substituents is 1. The monoisotopic (exact) mass is 272 g/mol. The molecule has 1 aromatic carbocycles. The predicted octanol–water partition coefficient (Wildman–Crippen LogP) is 1.50. The minimum atomic E-state index is -0.477. The highest BCUT2D eigenvalue weighted by atomic mass is 16.6. The van der Waals surface area contributed by atoms with E-state index < -0.39 is 4.92 Å². The van der Waals surface area contributed by atoms with Crippen LogP contribution in [0.2, 0.25) is 0 Å². The van der Waals surface area contributed by atoms with Crippen molar-refractivity contribution in [1.29, 1.82) is 0 Å². The molecule has 2 amide bonds. The van der Waals surface area contributed by atoms with Gasteiger partial charge < -0.3 is 10.6 Å². The topological polar surface area (TPSA) is 87.5 Å². The third-order valence-corrected chi connectivity index (χ3v) is 3.17. The van der Waals surface area contributed by atoms with Gasteiger partial charge in [0.05, 0.1) is 10.6 Å². The van der Waals surface area contributed by atoms with Crippen molar-refractivity contribution in [2.75, 3.05) is 18.0 Å². The molecule has 7 heteroatoms. The molecule has 0 spiro atoms. The molecule has 0 fully saturated rings. The van der Waals surface area contributed by atoms with E-state index in [0.717, 1.165) is 5.57 Å². The lowest BCUT2D eigenvalue weighted by Gasteiger charge is -2.33. The average molecular weight is 272 g/mol. The molecule has 0 radical (unpaired) electrons. The number of nitrogens with one attached hydrogen (secondary N) is 2. The maximum absolute atomic E-state index is 12.1. The number of rotatable bonds is 2. The van der Waals surface area contributed by atoms with Gasteiger partial charge in [0.15, 0.2) is 0 Å². The van der Waals surface area contributed by atoms with Crippen molar-refractivity contribution in [2.24, 2.45) is 0 Å². The van der Waals surface area contributed by atoms with Crippen molar-refractivity contribution in [3.05, 3.63) is 57.9 Å². The van der Waals surface area contributed by atoms with Crippen LogP contribution >= 0.6 is 0 Å². The summed E-state index contributed by atoms with van der Waals surface area (Å²) in [5.74, 6) is 0.678. The Morgan fingerprint density at radius 1 is 1.30 bits per heavy atom. The van der Waals surface area contributed by atoms with Gasteiger partial charge in [0, 0.05) is 30.8 Å². The van der Waals surface area contributed by atoms with Crippen LogP contribution in [0.25, 0.3) is 0 Å². The summed E-state index contributed by atoms with van der Waals surface area (Å²) in [4.78, 5) is 23.9. The molecule has 0 saturated heterocycles. The molecule has 1 aromatic rings. The van der Waals surface area contributed by atoms with Crippen LogP contribution in [0.1, 0.15) is 0 Å². The van der Waals surface area contributed by atoms with Crippen molar-refractivity contribution in [2.45, 2.75) is 0 Å². The number of anilines is 1. The zero-order valence-electron chi connectivity index (χ0n) is 10.5. The van der Waals surface area contributed by atoms with Gasteiger partial charge in [0.1, 0.15) is 5.82 Å². The first-order valence-corrected chi connectivity index (χ1v) is 6.13. The molecule has 0 saturated carbocycles. The second kappa shape index (κ2) is 4.69. The van der Waals surface area contributed by atoms with Crippen molar-refractivity contribution in [1.82, 2.24) is 10.6 Å². The lowest BCUT2D eigenvalue weighted by Crippen LogP contribution is -2.50. The first-order chi connectivity index (χ1) is 9.66. The summed E-state index contributed by atoms with van der Waals surface area (Å²) in [5.41, 5.74) is 1.36. The standard InChI is InChI=1S/C13H12N4O3/c18-13-15-8-9-3-2-6-14-12(9)16(13)10-4-1-5-11(7-10)17(19)20/h1-5,7,14H,6,8H2,(H,15,18). The third-order valence-electron chi connectivity index (χ3n) is 3.17. The number of hydrogen-bond donors (Lipinski definition) is 2. The minimum absolute atomic E-state index is 0.0469. The van der Waals surface area contributed by atoms with Crippen LogP contribution in [0.4, 0.5) is 16.2 Å². The van der Waals surface area contributed by atoms with E-state index in [1.165, 1.54) is 17.0 Å². The number of amides is 2. The number of benzene rings is 1. The number of urea groups is 1. The molecule has 0 atom stereocenters. The van der Waals surface area contributed by atoms with Gasteiger partial charge in [-0.25, -0.2) is 9.69 Å². The van der Waals surface area contributed by atoms with Crippen LogP contribution in [0, 0.1) is 10.1 Å². The summed E-state index contributed by atoms with van der Waals surface area (Å²) in [6, 6.07) is 5.72. The average Bonchev–Trinajstić information content (AvgIpc) is 2.47. The number of carbonyl (C=O) groups excluding carboxylic acids is 1. The van der Waals surface area contributed by atoms with Crippen LogP contribution in [0.15, 0.2) is 47.8 Å². The highest BCUT2D eigenvalue weighted by Gasteiger charge is 2.28. The zero-order chi connectivity index (χ0) is 14.1. The molecule has 2 aliphatic heterocycles. The molecule has 7 nitrogen and oxygen atoms in total. The molecular weight excluding hydrogens is 260 g/mol. The number of non-ortho nitro benzene ring substituents is 1. The molecule has 20 heavy (non-hydrogen) atoms. The largest absolute Gasteiger partial charge is 0.367 e. The van der Waals surface area contributed by atoms with Gasteiger partial charge in [-0.3, -0.25) is 10.1 Å². The SMILES string of the molecule is O=C1NCC2=C(NCC=C2)N1c1cccc([N+](=O)[O-])c1. The van der Waals surface area contributed by atoms with E-state index in [9.17, 15) is 14.9 Å². The van der Waals surface area contributed by atoms with E-state index in [1.54, 1.807) is 12.1 Å². The summed E-state index contributed by atoms with van der Waals surface area (Å²) in [6.45, 7) is 1.07. The Kier molecular flexibility index (Phi) is 2.86. The van der Waals surface area contributed by atoms with Crippen LogP contribution < -0.4 is 15.5 Å². The van der Waals surface area contributed by atoms with Crippen LogP contribution in [0.3, 0.4) is 0 Å². The normalized spacial score (nSPS) is 17.4. The number of nitrogens with zero attached hydrogens (tertiary/aromatic N) is 2.